The molecular formula is C30H48N2O2. The summed E-state index contributed by atoms with van der Waals surface area (Å²) in [4.78, 5) is 2.71. The molecule has 0 aromatic heterocycles. The molecule has 2 aliphatic heterocycles. The van der Waals surface area contributed by atoms with Crippen LogP contribution >= 0.6 is 0 Å². The maximum atomic E-state index is 10.4. The molecule has 5 aliphatic carbocycles. The zero-order chi connectivity index (χ0) is 23.7. The van der Waals surface area contributed by atoms with Gasteiger partial charge in [0.15, 0.2) is 0 Å². The molecule has 7 rings (SSSR count). The van der Waals surface area contributed by atoms with E-state index in [0.29, 0.717) is 40.2 Å². The Morgan fingerprint density at radius 3 is 2.79 bits per heavy atom. The summed E-state index contributed by atoms with van der Waals surface area (Å²) in [5.41, 5.74) is 8.89. The lowest BCUT2D eigenvalue weighted by Gasteiger charge is -2.50. The van der Waals surface area contributed by atoms with Gasteiger partial charge in [-0.25, -0.2) is 0 Å². The van der Waals surface area contributed by atoms with Crippen LogP contribution in [0.3, 0.4) is 0 Å². The van der Waals surface area contributed by atoms with Crippen molar-refractivity contribution in [3.05, 3.63) is 11.6 Å². The van der Waals surface area contributed by atoms with E-state index < -0.39 is 0 Å². The summed E-state index contributed by atoms with van der Waals surface area (Å²) in [5.74, 6) is 3.85. The smallest absolute Gasteiger partial charge is 0.0787 e. The molecule has 2 saturated heterocycles. The van der Waals surface area contributed by atoms with E-state index >= 15 is 0 Å². The summed E-state index contributed by atoms with van der Waals surface area (Å²) in [6.07, 6.45) is 13.9. The Kier molecular flexibility index (Phi) is 4.76. The molecule has 0 aromatic rings. The third kappa shape index (κ3) is 2.55. The van der Waals surface area contributed by atoms with Crippen LogP contribution in [0.4, 0.5) is 0 Å². The Balaban J connectivity index is 1.21. The first kappa shape index (κ1) is 22.8. The van der Waals surface area contributed by atoms with E-state index in [1.165, 1.54) is 51.5 Å². The molecule has 6 fully saturated rings. The Morgan fingerprint density at radius 2 is 2.00 bits per heavy atom. The van der Waals surface area contributed by atoms with Gasteiger partial charge in [-0.1, -0.05) is 39.3 Å². The standard InChI is InChI=1S/C30H48N2O2/c1-18-13-25-26(32(16-18)12-11-31)19(2)30(34-25)10-8-23-22-6-5-20-14-21(33)7-9-27(20,3)24(22)15-29(23)17-28(29,30)4/h5,18-19,21-26,33H,6-17,31H2,1-4H3/t18-,19+,21-,22-,23?,24-,25?,26-,27-,28?,29?,30+/m0/s1. The van der Waals surface area contributed by atoms with Crippen molar-refractivity contribution in [2.45, 2.75) is 109 Å². The van der Waals surface area contributed by atoms with Gasteiger partial charge in [-0.2, -0.15) is 0 Å². The monoisotopic (exact) mass is 468 g/mol. The van der Waals surface area contributed by atoms with Gasteiger partial charge in [0.25, 0.3) is 0 Å². The van der Waals surface area contributed by atoms with Crippen molar-refractivity contribution in [3.63, 3.8) is 0 Å². The van der Waals surface area contributed by atoms with Gasteiger partial charge in [-0.15, -0.1) is 0 Å². The van der Waals surface area contributed by atoms with Crippen LogP contribution in [0.25, 0.3) is 0 Å². The number of rotatable bonds is 2. The lowest BCUT2D eigenvalue weighted by molar-refractivity contribution is -0.148. The molecule has 4 unspecified atom stereocenters. The van der Waals surface area contributed by atoms with E-state index in [4.69, 9.17) is 10.5 Å². The number of piperidine rings is 1. The Hall–Kier alpha value is -0.420. The topological polar surface area (TPSA) is 58.7 Å². The molecule has 12 atom stereocenters. The first-order chi connectivity index (χ1) is 16.2. The molecule has 7 aliphatic rings. The highest BCUT2D eigenvalue weighted by Gasteiger charge is 2.84. The molecule has 2 spiro atoms. The number of hydrogen-bond donors (Lipinski definition) is 2. The second-order valence-corrected chi connectivity index (χ2v) is 14.5. The minimum atomic E-state index is -0.109. The van der Waals surface area contributed by atoms with Crippen LogP contribution < -0.4 is 5.73 Å². The predicted molar refractivity (Wildman–Crippen MR) is 135 cm³/mol. The number of nitrogens with zero attached hydrogens (tertiary/aromatic N) is 1. The molecule has 3 N–H and O–H groups in total. The van der Waals surface area contributed by atoms with Gasteiger partial charge >= 0.3 is 0 Å². The summed E-state index contributed by atoms with van der Waals surface area (Å²) in [5, 5.41) is 10.4. The van der Waals surface area contributed by atoms with Gasteiger partial charge in [0, 0.05) is 37.0 Å². The van der Waals surface area contributed by atoms with Crippen LogP contribution in [0.5, 0.6) is 0 Å². The molecule has 4 heteroatoms. The fourth-order valence-corrected chi connectivity index (χ4v) is 11.9. The molecule has 2 heterocycles. The summed E-state index contributed by atoms with van der Waals surface area (Å²) in [6.45, 7) is 13.1. The van der Waals surface area contributed by atoms with E-state index in [1.54, 1.807) is 5.57 Å². The average Bonchev–Trinajstić information content (AvgIpc) is 3.13. The summed E-state index contributed by atoms with van der Waals surface area (Å²) in [6, 6.07) is 0.556. The van der Waals surface area contributed by atoms with E-state index in [1.807, 2.05) is 0 Å². The van der Waals surface area contributed by atoms with E-state index in [9.17, 15) is 5.11 Å². The van der Waals surface area contributed by atoms with E-state index in [-0.39, 0.29) is 11.7 Å². The predicted octanol–water partition coefficient (Wildman–Crippen LogP) is 4.75. The quantitative estimate of drug-likeness (QED) is 0.574. The van der Waals surface area contributed by atoms with Crippen molar-refractivity contribution in [1.29, 1.82) is 0 Å². The van der Waals surface area contributed by atoms with Crippen molar-refractivity contribution in [1.82, 2.24) is 4.90 Å². The molecule has 34 heavy (non-hydrogen) atoms. The third-order valence-corrected chi connectivity index (χ3v) is 13.4. The molecule has 0 bridgehead atoms. The number of fused-ring (bicyclic) bond motifs is 6. The second-order valence-electron chi connectivity index (χ2n) is 14.5. The molecular weight excluding hydrogens is 420 g/mol. The molecule has 4 nitrogen and oxygen atoms in total. The summed E-state index contributed by atoms with van der Waals surface area (Å²) < 4.78 is 7.38. The van der Waals surface area contributed by atoms with Crippen LogP contribution in [-0.4, -0.2) is 53.5 Å². The lowest BCUT2D eigenvalue weighted by atomic mass is 9.56. The maximum absolute atomic E-state index is 10.4. The van der Waals surface area contributed by atoms with Crippen molar-refractivity contribution >= 4 is 0 Å². The molecule has 4 saturated carbocycles. The van der Waals surface area contributed by atoms with E-state index in [2.05, 4.69) is 38.7 Å². The highest BCUT2D eigenvalue weighted by Crippen LogP contribution is 2.87. The molecule has 0 radical (unpaired) electrons. The second kappa shape index (κ2) is 7.11. The first-order valence-electron chi connectivity index (χ1n) is 14.7. The fourth-order valence-electron chi connectivity index (χ4n) is 11.9. The van der Waals surface area contributed by atoms with Crippen LogP contribution in [-0.2, 0) is 4.74 Å². The highest BCUT2D eigenvalue weighted by molar-refractivity contribution is 5.36. The van der Waals surface area contributed by atoms with Gasteiger partial charge in [-0.05, 0) is 92.3 Å². The van der Waals surface area contributed by atoms with Crippen LogP contribution in [0.2, 0.25) is 0 Å². The number of aliphatic hydroxyl groups excluding tert-OH is 1. The number of likely N-dealkylation sites (tertiary alicyclic amines) is 1. The number of ether oxygens (including phenoxy) is 1. The minimum Gasteiger partial charge on any atom is -0.393 e. The van der Waals surface area contributed by atoms with Crippen LogP contribution in [0, 0.1) is 45.8 Å². The van der Waals surface area contributed by atoms with Crippen LogP contribution in [0.1, 0.15) is 85.5 Å². The largest absolute Gasteiger partial charge is 0.393 e. The normalized spacial score (nSPS) is 60.1. The molecule has 190 valence electrons. The Bertz CT molecular complexity index is 904. The molecule has 0 amide bonds. The maximum Gasteiger partial charge on any atom is 0.0787 e. The fraction of sp³-hybridized carbons (Fsp3) is 0.933. The van der Waals surface area contributed by atoms with Gasteiger partial charge < -0.3 is 15.6 Å². The summed E-state index contributed by atoms with van der Waals surface area (Å²) in [7, 11) is 0. The number of hydrogen-bond acceptors (Lipinski definition) is 4. The average molecular weight is 469 g/mol. The lowest BCUT2D eigenvalue weighted by Crippen LogP contribution is -2.55. The van der Waals surface area contributed by atoms with Gasteiger partial charge in [0.1, 0.15) is 0 Å². The number of aliphatic hydroxyl groups is 1. The highest BCUT2D eigenvalue weighted by atomic mass is 16.5. The Labute approximate surface area is 207 Å². The third-order valence-electron chi connectivity index (χ3n) is 13.4. The zero-order valence-electron chi connectivity index (χ0n) is 22.1. The van der Waals surface area contributed by atoms with Crippen molar-refractivity contribution in [3.8, 4) is 0 Å². The first-order valence-corrected chi connectivity index (χ1v) is 14.7. The zero-order valence-corrected chi connectivity index (χ0v) is 22.1. The minimum absolute atomic E-state index is 0.0587. The van der Waals surface area contributed by atoms with Crippen molar-refractivity contribution in [2.75, 3.05) is 19.6 Å². The van der Waals surface area contributed by atoms with Gasteiger partial charge in [0.2, 0.25) is 0 Å². The number of allylic oxidation sites excluding steroid dienone is 1. The van der Waals surface area contributed by atoms with Gasteiger partial charge in [-0.3, -0.25) is 4.90 Å². The number of nitrogens with two attached hydrogens (primary N) is 1. The van der Waals surface area contributed by atoms with Crippen molar-refractivity contribution in [2.24, 2.45) is 51.6 Å². The summed E-state index contributed by atoms with van der Waals surface area (Å²) >= 11 is 0. The van der Waals surface area contributed by atoms with Crippen LogP contribution in [0.15, 0.2) is 11.6 Å². The van der Waals surface area contributed by atoms with Gasteiger partial charge in [0.05, 0.1) is 17.8 Å². The van der Waals surface area contributed by atoms with Crippen molar-refractivity contribution < 1.29 is 9.84 Å². The molecule has 0 aromatic carbocycles. The Morgan fingerprint density at radius 1 is 1.18 bits per heavy atom. The van der Waals surface area contributed by atoms with E-state index in [0.717, 1.165) is 43.7 Å². The SMILES string of the molecule is C[C@H]1CC2O[C@]3(CCC4[C@@H]5CC=C6C[C@@H](O)CC[C@]6(C)[C@H]5CC45CC53C)[C@H](C)[C@@H]2N(CCN)C1.